The van der Waals surface area contributed by atoms with Crippen LogP contribution in [0.1, 0.15) is 31.4 Å². The summed E-state index contributed by atoms with van der Waals surface area (Å²) in [5, 5.41) is 22.4. The lowest BCUT2D eigenvalue weighted by Gasteiger charge is -2.08. The molecule has 0 unspecified atom stereocenters. The van der Waals surface area contributed by atoms with Gasteiger partial charge in [-0.05, 0) is 37.5 Å². The highest BCUT2D eigenvalue weighted by atomic mass is 16.6. The number of nitro groups is 1. The van der Waals surface area contributed by atoms with Gasteiger partial charge in [0.05, 0.1) is 4.92 Å². The zero-order valence-corrected chi connectivity index (χ0v) is 11.5. The summed E-state index contributed by atoms with van der Waals surface area (Å²) in [7, 11) is 0. The molecule has 0 aliphatic heterocycles. The van der Waals surface area contributed by atoms with Crippen LogP contribution in [0.5, 0.6) is 0 Å². The summed E-state index contributed by atoms with van der Waals surface area (Å²) in [6, 6.07) is 3.33. The third kappa shape index (κ3) is 4.71. The van der Waals surface area contributed by atoms with E-state index in [1.54, 1.807) is 12.1 Å². The van der Waals surface area contributed by atoms with Crippen LogP contribution in [-0.2, 0) is 0 Å². The first-order valence-electron chi connectivity index (χ1n) is 6.16. The average molecular weight is 254 g/mol. The van der Waals surface area contributed by atoms with Crippen molar-refractivity contribution in [3.63, 3.8) is 0 Å². The van der Waals surface area contributed by atoms with Gasteiger partial charge in [0.1, 0.15) is 5.69 Å². The van der Waals surface area contributed by atoms with Gasteiger partial charge in [-0.1, -0.05) is 13.8 Å². The number of anilines is 1. The molecule has 0 aromatic heterocycles. The van der Waals surface area contributed by atoms with E-state index in [-0.39, 0.29) is 12.3 Å². The van der Waals surface area contributed by atoms with E-state index in [0.29, 0.717) is 18.7 Å². The van der Waals surface area contributed by atoms with Crippen LogP contribution in [-0.4, -0.2) is 23.2 Å². The quantitative estimate of drug-likeness (QED) is 0.481. The van der Waals surface area contributed by atoms with Crippen LogP contribution in [0.25, 0.3) is 0 Å². The Labute approximate surface area is 108 Å². The Morgan fingerprint density at radius 1 is 1.28 bits per heavy atom. The molecule has 102 valence electrons. The zero-order chi connectivity index (χ0) is 14.1. The largest absolute Gasteiger partial charge is 0.396 e. The summed E-state index contributed by atoms with van der Waals surface area (Å²) in [5.41, 5.74) is 2.51. The van der Waals surface area contributed by atoms with Gasteiger partial charge < -0.3 is 10.4 Å². The van der Waals surface area contributed by atoms with Gasteiger partial charge in [-0.3, -0.25) is 10.1 Å². The maximum Gasteiger partial charge on any atom is 0.292 e. The van der Waals surface area contributed by atoms with Crippen molar-refractivity contribution in [1.82, 2.24) is 0 Å². The molecule has 0 aliphatic carbocycles. The van der Waals surface area contributed by atoms with Gasteiger partial charge in [-0.2, -0.15) is 0 Å². The third-order valence-corrected chi connectivity index (χ3v) is 2.46. The number of nitrogens with one attached hydrogen (secondary N) is 1. The van der Waals surface area contributed by atoms with E-state index in [0.717, 1.165) is 11.1 Å². The maximum atomic E-state index is 10.8. The van der Waals surface area contributed by atoms with Crippen LogP contribution in [0, 0.1) is 24.0 Å². The molecule has 0 spiro atoms. The molecule has 0 bridgehead atoms. The number of rotatable bonds is 5. The Balaban J connectivity index is 0.00000137. The van der Waals surface area contributed by atoms with Crippen molar-refractivity contribution >= 4 is 11.4 Å². The highest BCUT2D eigenvalue weighted by Gasteiger charge is 2.14. The molecule has 1 aromatic carbocycles. The van der Waals surface area contributed by atoms with E-state index < -0.39 is 4.92 Å². The average Bonchev–Trinajstić information content (AvgIpc) is 2.35. The molecule has 5 heteroatoms. The van der Waals surface area contributed by atoms with E-state index in [4.69, 9.17) is 5.11 Å². The van der Waals surface area contributed by atoms with Crippen molar-refractivity contribution in [1.29, 1.82) is 0 Å². The molecule has 0 radical (unpaired) electrons. The van der Waals surface area contributed by atoms with Crippen LogP contribution in [0.4, 0.5) is 11.4 Å². The Morgan fingerprint density at radius 3 is 2.33 bits per heavy atom. The highest BCUT2D eigenvalue weighted by molar-refractivity contribution is 5.64. The standard InChI is InChI=1S/C11H16N2O3.C2H6/c1-8-6-10(12-4-3-5-14)11(13(15)16)7-9(8)2;1-2/h6-7,12,14H,3-5H2,1-2H3;1-2H3. The van der Waals surface area contributed by atoms with Crippen molar-refractivity contribution < 1.29 is 10.0 Å². The molecule has 0 saturated heterocycles. The molecule has 5 nitrogen and oxygen atoms in total. The zero-order valence-electron chi connectivity index (χ0n) is 11.5. The van der Waals surface area contributed by atoms with E-state index in [1.807, 2.05) is 27.7 Å². The second kappa shape index (κ2) is 8.47. The molecular formula is C13H22N2O3. The summed E-state index contributed by atoms with van der Waals surface area (Å²) in [5.74, 6) is 0. The fourth-order valence-electron chi connectivity index (χ4n) is 1.40. The number of aliphatic hydroxyl groups excluding tert-OH is 1. The highest BCUT2D eigenvalue weighted by Crippen LogP contribution is 2.27. The first-order chi connectivity index (χ1) is 8.56. The Hall–Kier alpha value is -1.62. The number of hydrogen-bond acceptors (Lipinski definition) is 4. The lowest BCUT2D eigenvalue weighted by molar-refractivity contribution is -0.384. The smallest absolute Gasteiger partial charge is 0.292 e. The van der Waals surface area contributed by atoms with E-state index in [2.05, 4.69) is 5.32 Å². The SMILES string of the molecule is CC.Cc1cc(NCCCO)c([N+](=O)[O-])cc1C. The summed E-state index contributed by atoms with van der Waals surface area (Å²) >= 11 is 0. The van der Waals surface area contributed by atoms with Crippen molar-refractivity contribution in [3.8, 4) is 0 Å². The number of benzene rings is 1. The molecule has 0 fully saturated rings. The summed E-state index contributed by atoms with van der Waals surface area (Å²) in [6.07, 6.45) is 0.573. The lowest BCUT2D eigenvalue weighted by Crippen LogP contribution is -2.06. The Bertz CT molecular complexity index is 392. The maximum absolute atomic E-state index is 10.8. The molecule has 1 aromatic rings. The summed E-state index contributed by atoms with van der Waals surface area (Å²) in [6.45, 7) is 8.36. The first kappa shape index (κ1) is 16.4. The molecule has 2 N–H and O–H groups in total. The van der Waals surface area contributed by atoms with Crippen LogP contribution in [0.15, 0.2) is 12.1 Å². The van der Waals surface area contributed by atoms with Crippen molar-refractivity contribution in [2.45, 2.75) is 34.1 Å². The lowest BCUT2D eigenvalue weighted by atomic mass is 10.1. The number of hydrogen-bond donors (Lipinski definition) is 2. The van der Waals surface area contributed by atoms with Crippen LogP contribution < -0.4 is 5.32 Å². The number of aliphatic hydroxyl groups is 1. The summed E-state index contributed by atoms with van der Waals surface area (Å²) < 4.78 is 0. The second-order valence-electron chi connectivity index (χ2n) is 3.71. The van der Waals surface area contributed by atoms with Gasteiger partial charge in [-0.25, -0.2) is 0 Å². The van der Waals surface area contributed by atoms with Crippen molar-refractivity contribution in [3.05, 3.63) is 33.4 Å². The Morgan fingerprint density at radius 2 is 1.83 bits per heavy atom. The number of nitrogens with zero attached hydrogens (tertiary/aromatic N) is 1. The van der Waals surface area contributed by atoms with E-state index in [9.17, 15) is 10.1 Å². The van der Waals surface area contributed by atoms with Gasteiger partial charge in [0.2, 0.25) is 0 Å². The minimum atomic E-state index is -0.395. The normalized spacial score (nSPS) is 9.39. The fraction of sp³-hybridized carbons (Fsp3) is 0.538. The molecule has 0 aliphatic rings. The minimum Gasteiger partial charge on any atom is -0.396 e. The molecular weight excluding hydrogens is 232 g/mol. The van der Waals surface area contributed by atoms with Crippen molar-refractivity contribution in [2.24, 2.45) is 0 Å². The van der Waals surface area contributed by atoms with Crippen LogP contribution in [0.2, 0.25) is 0 Å². The second-order valence-corrected chi connectivity index (χ2v) is 3.71. The predicted octanol–water partition coefficient (Wildman–Crippen LogP) is 3.03. The van der Waals surface area contributed by atoms with Crippen LogP contribution >= 0.6 is 0 Å². The summed E-state index contributed by atoms with van der Waals surface area (Å²) in [4.78, 5) is 10.4. The first-order valence-corrected chi connectivity index (χ1v) is 6.16. The monoisotopic (exact) mass is 254 g/mol. The van der Waals surface area contributed by atoms with Gasteiger partial charge in [0, 0.05) is 19.2 Å². The van der Waals surface area contributed by atoms with E-state index >= 15 is 0 Å². The predicted molar refractivity (Wildman–Crippen MR) is 74.1 cm³/mol. The molecule has 0 saturated carbocycles. The molecule has 0 heterocycles. The van der Waals surface area contributed by atoms with Gasteiger partial charge >= 0.3 is 0 Å². The molecule has 0 atom stereocenters. The number of aryl methyl sites for hydroxylation is 2. The number of nitro benzene ring substituents is 1. The topological polar surface area (TPSA) is 75.4 Å². The Kier molecular flexibility index (Phi) is 7.71. The third-order valence-electron chi connectivity index (χ3n) is 2.46. The van der Waals surface area contributed by atoms with Crippen molar-refractivity contribution in [2.75, 3.05) is 18.5 Å². The van der Waals surface area contributed by atoms with Gasteiger partial charge in [0.25, 0.3) is 5.69 Å². The molecule has 1 rings (SSSR count). The van der Waals surface area contributed by atoms with Gasteiger partial charge in [-0.15, -0.1) is 0 Å². The fourth-order valence-corrected chi connectivity index (χ4v) is 1.40. The van der Waals surface area contributed by atoms with Crippen LogP contribution in [0.3, 0.4) is 0 Å². The van der Waals surface area contributed by atoms with Gasteiger partial charge in [0.15, 0.2) is 0 Å². The molecule has 18 heavy (non-hydrogen) atoms. The molecule has 0 amide bonds. The minimum absolute atomic E-state index is 0.0750. The van der Waals surface area contributed by atoms with E-state index in [1.165, 1.54) is 0 Å².